The maximum Gasteiger partial charge on any atom is 0.119 e. The Hall–Kier alpha value is -1.24. The highest BCUT2D eigenvalue weighted by molar-refractivity contribution is 5.53. The minimum absolute atomic E-state index is 0.896. The van der Waals surface area contributed by atoms with Crippen molar-refractivity contribution >= 4 is 6.08 Å². The normalized spacial score (nSPS) is 9.27. The molecule has 1 aromatic rings. The van der Waals surface area contributed by atoms with Gasteiger partial charge in [-0.15, -0.1) is 0 Å². The van der Waals surface area contributed by atoms with Crippen LogP contribution < -0.4 is 4.74 Å². The molecule has 0 aliphatic rings. The summed E-state index contributed by atoms with van der Waals surface area (Å²) < 4.78 is 5.06. The van der Waals surface area contributed by atoms with Gasteiger partial charge in [-0.3, -0.25) is 0 Å². The van der Waals surface area contributed by atoms with Crippen molar-refractivity contribution in [2.45, 2.75) is 6.92 Å². The van der Waals surface area contributed by atoms with Crippen molar-refractivity contribution in [3.63, 3.8) is 0 Å². The van der Waals surface area contributed by atoms with E-state index >= 15 is 0 Å². The minimum atomic E-state index is 0.896. The van der Waals surface area contributed by atoms with E-state index in [1.54, 1.807) is 7.11 Å². The number of hydrogen-bond donors (Lipinski definition) is 0. The fraction of sp³-hybridized carbons (Fsp3) is 0.200. The summed E-state index contributed by atoms with van der Waals surface area (Å²) in [5.74, 6) is 0.896. The van der Waals surface area contributed by atoms with Crippen molar-refractivity contribution in [1.29, 1.82) is 0 Å². The van der Waals surface area contributed by atoms with E-state index in [0.717, 1.165) is 11.3 Å². The summed E-state index contributed by atoms with van der Waals surface area (Å²) in [6, 6.07) is 5.93. The van der Waals surface area contributed by atoms with Crippen LogP contribution in [0.15, 0.2) is 24.8 Å². The standard InChI is InChI=1S/C10H12O/c1-4-9-5-6-10(11-3)7-8(9)2/h4-7H,1H2,2-3H3. The SMILES string of the molecule is C=Cc1ccc(OC)cc1C. The van der Waals surface area contributed by atoms with Crippen LogP contribution in [0.3, 0.4) is 0 Å². The molecule has 0 radical (unpaired) electrons. The lowest BCUT2D eigenvalue weighted by atomic mass is 10.1. The van der Waals surface area contributed by atoms with E-state index in [2.05, 4.69) is 6.58 Å². The summed E-state index contributed by atoms with van der Waals surface area (Å²) in [6.07, 6.45) is 1.84. The third kappa shape index (κ3) is 1.61. The van der Waals surface area contributed by atoms with Gasteiger partial charge in [0.2, 0.25) is 0 Å². The first-order chi connectivity index (χ1) is 5.27. The van der Waals surface area contributed by atoms with Crippen LogP contribution in [0.25, 0.3) is 6.08 Å². The zero-order valence-electron chi connectivity index (χ0n) is 6.92. The average molecular weight is 148 g/mol. The smallest absolute Gasteiger partial charge is 0.119 e. The Morgan fingerprint density at radius 1 is 1.45 bits per heavy atom. The van der Waals surface area contributed by atoms with Crippen LogP contribution in [0.5, 0.6) is 5.75 Å². The molecule has 0 bridgehead atoms. The molecule has 1 rings (SSSR count). The van der Waals surface area contributed by atoms with Crippen LogP contribution in [-0.4, -0.2) is 7.11 Å². The van der Waals surface area contributed by atoms with Crippen LogP contribution in [0, 0.1) is 6.92 Å². The number of benzene rings is 1. The Labute approximate surface area is 67.3 Å². The molecular formula is C10H12O. The summed E-state index contributed by atoms with van der Waals surface area (Å²) in [4.78, 5) is 0. The van der Waals surface area contributed by atoms with Gasteiger partial charge in [-0.05, 0) is 30.2 Å². The molecule has 0 unspecified atom stereocenters. The zero-order chi connectivity index (χ0) is 8.27. The fourth-order valence-electron chi connectivity index (χ4n) is 1.00. The van der Waals surface area contributed by atoms with Gasteiger partial charge in [0.05, 0.1) is 7.11 Å². The average Bonchev–Trinajstić information content (AvgIpc) is 2.04. The lowest BCUT2D eigenvalue weighted by molar-refractivity contribution is 0.414. The van der Waals surface area contributed by atoms with Crippen molar-refractivity contribution in [3.05, 3.63) is 35.9 Å². The fourth-order valence-corrected chi connectivity index (χ4v) is 1.00. The van der Waals surface area contributed by atoms with E-state index in [1.807, 2.05) is 31.2 Å². The first kappa shape index (κ1) is 7.86. The Morgan fingerprint density at radius 2 is 2.18 bits per heavy atom. The van der Waals surface area contributed by atoms with E-state index in [0.29, 0.717) is 0 Å². The van der Waals surface area contributed by atoms with Crippen LogP contribution in [0.2, 0.25) is 0 Å². The van der Waals surface area contributed by atoms with E-state index in [9.17, 15) is 0 Å². The van der Waals surface area contributed by atoms with Gasteiger partial charge in [0.25, 0.3) is 0 Å². The molecule has 1 aromatic carbocycles. The Bertz CT molecular complexity index is 264. The quantitative estimate of drug-likeness (QED) is 0.626. The summed E-state index contributed by atoms with van der Waals surface area (Å²) in [5.41, 5.74) is 2.35. The Morgan fingerprint density at radius 3 is 2.64 bits per heavy atom. The molecule has 0 heterocycles. The predicted molar refractivity (Wildman–Crippen MR) is 47.8 cm³/mol. The summed E-state index contributed by atoms with van der Waals surface area (Å²) >= 11 is 0. The highest BCUT2D eigenvalue weighted by Crippen LogP contribution is 2.16. The highest BCUT2D eigenvalue weighted by Gasteiger charge is 1.94. The molecule has 0 N–H and O–H groups in total. The third-order valence-electron chi connectivity index (χ3n) is 1.70. The molecule has 0 spiro atoms. The lowest BCUT2D eigenvalue weighted by Gasteiger charge is -2.03. The molecule has 0 atom stereocenters. The summed E-state index contributed by atoms with van der Waals surface area (Å²) in [7, 11) is 1.67. The van der Waals surface area contributed by atoms with Gasteiger partial charge in [0.1, 0.15) is 5.75 Å². The summed E-state index contributed by atoms with van der Waals surface area (Å²) in [5, 5.41) is 0. The maximum atomic E-state index is 5.06. The van der Waals surface area contributed by atoms with E-state index in [-0.39, 0.29) is 0 Å². The monoisotopic (exact) mass is 148 g/mol. The second-order valence-electron chi connectivity index (χ2n) is 2.43. The van der Waals surface area contributed by atoms with E-state index in [1.165, 1.54) is 5.56 Å². The highest BCUT2D eigenvalue weighted by atomic mass is 16.5. The number of hydrogen-bond acceptors (Lipinski definition) is 1. The van der Waals surface area contributed by atoms with E-state index in [4.69, 9.17) is 4.74 Å². The molecule has 1 heteroatoms. The number of aryl methyl sites for hydroxylation is 1. The molecule has 0 aromatic heterocycles. The Kier molecular flexibility index (Phi) is 2.32. The molecule has 0 aliphatic carbocycles. The van der Waals surface area contributed by atoms with Crippen LogP contribution >= 0.6 is 0 Å². The molecule has 58 valence electrons. The molecule has 0 saturated heterocycles. The van der Waals surface area contributed by atoms with Gasteiger partial charge in [-0.25, -0.2) is 0 Å². The number of methoxy groups -OCH3 is 1. The number of ether oxygens (including phenoxy) is 1. The van der Waals surface area contributed by atoms with Crippen LogP contribution in [0.1, 0.15) is 11.1 Å². The van der Waals surface area contributed by atoms with Gasteiger partial charge in [0.15, 0.2) is 0 Å². The second-order valence-corrected chi connectivity index (χ2v) is 2.43. The number of rotatable bonds is 2. The molecule has 0 aliphatic heterocycles. The van der Waals surface area contributed by atoms with E-state index < -0.39 is 0 Å². The predicted octanol–water partition coefficient (Wildman–Crippen LogP) is 2.65. The lowest BCUT2D eigenvalue weighted by Crippen LogP contribution is -1.85. The first-order valence-corrected chi connectivity index (χ1v) is 3.55. The molecule has 0 amide bonds. The van der Waals surface area contributed by atoms with Gasteiger partial charge in [-0.2, -0.15) is 0 Å². The molecule has 11 heavy (non-hydrogen) atoms. The van der Waals surface area contributed by atoms with Gasteiger partial charge in [0, 0.05) is 0 Å². The first-order valence-electron chi connectivity index (χ1n) is 3.55. The van der Waals surface area contributed by atoms with Crippen molar-refractivity contribution in [3.8, 4) is 5.75 Å². The topological polar surface area (TPSA) is 9.23 Å². The third-order valence-corrected chi connectivity index (χ3v) is 1.70. The van der Waals surface area contributed by atoms with Crippen molar-refractivity contribution in [2.75, 3.05) is 7.11 Å². The van der Waals surface area contributed by atoms with Crippen molar-refractivity contribution < 1.29 is 4.74 Å². The van der Waals surface area contributed by atoms with Crippen LogP contribution in [-0.2, 0) is 0 Å². The van der Waals surface area contributed by atoms with Gasteiger partial charge < -0.3 is 4.74 Å². The largest absolute Gasteiger partial charge is 0.497 e. The zero-order valence-corrected chi connectivity index (χ0v) is 6.92. The molecule has 0 saturated carbocycles. The maximum absolute atomic E-state index is 5.06. The molecule has 0 fully saturated rings. The van der Waals surface area contributed by atoms with Crippen molar-refractivity contribution in [1.82, 2.24) is 0 Å². The molecular weight excluding hydrogens is 136 g/mol. The summed E-state index contributed by atoms with van der Waals surface area (Å²) in [6.45, 7) is 5.75. The minimum Gasteiger partial charge on any atom is -0.497 e. The second kappa shape index (κ2) is 3.24. The Balaban J connectivity index is 3.09. The van der Waals surface area contributed by atoms with Crippen LogP contribution in [0.4, 0.5) is 0 Å². The van der Waals surface area contributed by atoms with Crippen molar-refractivity contribution in [2.24, 2.45) is 0 Å². The van der Waals surface area contributed by atoms with Gasteiger partial charge in [-0.1, -0.05) is 18.7 Å². The molecule has 1 nitrogen and oxygen atoms in total. The van der Waals surface area contributed by atoms with Gasteiger partial charge >= 0.3 is 0 Å².